The van der Waals surface area contributed by atoms with E-state index in [-0.39, 0.29) is 16.4 Å². The van der Waals surface area contributed by atoms with Gasteiger partial charge in [0, 0.05) is 5.56 Å². The Kier molecular flexibility index (Phi) is 4.66. The molecule has 2 heterocycles. The normalized spacial score (nSPS) is 19.1. The number of para-hydroxylation sites is 1. The Labute approximate surface area is 162 Å². The first-order valence-corrected chi connectivity index (χ1v) is 9.78. The highest BCUT2D eigenvalue weighted by molar-refractivity contribution is 8.01. The van der Waals surface area contributed by atoms with Crippen LogP contribution in [-0.2, 0) is 4.79 Å². The SMILES string of the molecule is COc1cccc(C2SC(C)C(=O)Nc3c2c(C)nn3-c2ccccc2)c1. The average molecular weight is 379 g/mol. The van der Waals surface area contributed by atoms with Crippen LogP contribution in [0, 0.1) is 6.92 Å². The standard InChI is InChI=1S/C21H21N3O2S/c1-13-18-19(15-8-7-11-17(12-15)26-3)27-14(2)21(25)22-20(18)24(23-13)16-9-5-4-6-10-16/h4-12,14,19H,1-3H3,(H,22,25). The van der Waals surface area contributed by atoms with Gasteiger partial charge in [0.25, 0.3) is 0 Å². The molecule has 6 heteroatoms. The summed E-state index contributed by atoms with van der Waals surface area (Å²) in [6.07, 6.45) is 0. The number of fused-ring (bicyclic) bond motifs is 1. The molecule has 4 rings (SSSR count). The van der Waals surface area contributed by atoms with Gasteiger partial charge >= 0.3 is 0 Å². The second-order valence-electron chi connectivity index (χ2n) is 6.52. The van der Waals surface area contributed by atoms with Crippen LogP contribution in [0.5, 0.6) is 5.75 Å². The summed E-state index contributed by atoms with van der Waals surface area (Å²) in [6, 6.07) is 17.9. The number of thioether (sulfide) groups is 1. The van der Waals surface area contributed by atoms with Crippen molar-refractivity contribution in [3.05, 3.63) is 71.4 Å². The van der Waals surface area contributed by atoms with Crippen molar-refractivity contribution in [2.75, 3.05) is 12.4 Å². The first-order valence-electron chi connectivity index (χ1n) is 8.83. The molecule has 2 atom stereocenters. The van der Waals surface area contributed by atoms with E-state index in [9.17, 15) is 4.79 Å². The Bertz CT molecular complexity index is 984. The number of rotatable bonds is 3. The molecule has 2 aromatic carbocycles. The molecular formula is C21H21N3O2S. The van der Waals surface area contributed by atoms with Crippen molar-refractivity contribution < 1.29 is 9.53 Å². The van der Waals surface area contributed by atoms with Crippen molar-refractivity contribution >= 4 is 23.5 Å². The molecule has 1 aliphatic rings. The molecule has 0 fully saturated rings. The highest BCUT2D eigenvalue weighted by atomic mass is 32.2. The third kappa shape index (κ3) is 3.21. The smallest absolute Gasteiger partial charge is 0.238 e. The number of amides is 1. The predicted molar refractivity (Wildman–Crippen MR) is 109 cm³/mol. The van der Waals surface area contributed by atoms with Gasteiger partial charge in [0.1, 0.15) is 11.6 Å². The summed E-state index contributed by atoms with van der Waals surface area (Å²) >= 11 is 1.63. The summed E-state index contributed by atoms with van der Waals surface area (Å²) in [5.41, 5.74) is 3.96. The molecule has 5 nitrogen and oxygen atoms in total. The van der Waals surface area contributed by atoms with Gasteiger partial charge in [0.2, 0.25) is 5.91 Å². The van der Waals surface area contributed by atoms with Crippen molar-refractivity contribution in [3.63, 3.8) is 0 Å². The van der Waals surface area contributed by atoms with Crippen LogP contribution < -0.4 is 10.1 Å². The number of hydrogen-bond acceptors (Lipinski definition) is 4. The highest BCUT2D eigenvalue weighted by Crippen LogP contribution is 2.46. The Morgan fingerprint density at radius 3 is 2.67 bits per heavy atom. The Morgan fingerprint density at radius 2 is 1.93 bits per heavy atom. The quantitative estimate of drug-likeness (QED) is 0.735. The minimum absolute atomic E-state index is 0.0104. The number of benzene rings is 2. The molecule has 0 spiro atoms. The van der Waals surface area contributed by atoms with E-state index in [1.807, 2.05) is 67.1 Å². The summed E-state index contributed by atoms with van der Waals surface area (Å²) in [5, 5.41) is 7.64. The summed E-state index contributed by atoms with van der Waals surface area (Å²) < 4.78 is 7.23. The maximum Gasteiger partial charge on any atom is 0.238 e. The summed E-state index contributed by atoms with van der Waals surface area (Å²) in [7, 11) is 1.66. The van der Waals surface area contributed by atoms with E-state index < -0.39 is 0 Å². The summed E-state index contributed by atoms with van der Waals surface area (Å²) in [5.74, 6) is 1.54. The molecule has 3 aromatic rings. The Morgan fingerprint density at radius 1 is 1.15 bits per heavy atom. The topological polar surface area (TPSA) is 56.1 Å². The van der Waals surface area contributed by atoms with E-state index in [0.717, 1.165) is 34.1 Å². The molecule has 0 saturated heterocycles. The molecule has 1 aromatic heterocycles. The zero-order valence-electron chi connectivity index (χ0n) is 15.5. The first kappa shape index (κ1) is 17.7. The van der Waals surface area contributed by atoms with Gasteiger partial charge in [-0.15, -0.1) is 11.8 Å². The van der Waals surface area contributed by atoms with Gasteiger partial charge in [0.15, 0.2) is 0 Å². The molecule has 2 unspecified atom stereocenters. The molecular weight excluding hydrogens is 358 g/mol. The molecule has 1 N–H and O–H groups in total. The van der Waals surface area contributed by atoms with Crippen LogP contribution in [0.4, 0.5) is 5.82 Å². The van der Waals surface area contributed by atoms with Gasteiger partial charge in [-0.25, -0.2) is 4.68 Å². The maximum atomic E-state index is 12.7. The minimum atomic E-state index is -0.183. The fraction of sp³-hybridized carbons (Fsp3) is 0.238. The molecule has 138 valence electrons. The number of carbonyl (C=O) groups excluding carboxylic acids is 1. The highest BCUT2D eigenvalue weighted by Gasteiger charge is 2.34. The van der Waals surface area contributed by atoms with Gasteiger partial charge in [-0.1, -0.05) is 30.3 Å². The summed E-state index contributed by atoms with van der Waals surface area (Å²) in [4.78, 5) is 12.7. The number of methoxy groups -OCH3 is 1. The van der Waals surface area contributed by atoms with Gasteiger partial charge in [-0.05, 0) is 43.7 Å². The molecule has 0 bridgehead atoms. The van der Waals surface area contributed by atoms with Crippen molar-refractivity contribution in [1.29, 1.82) is 0 Å². The predicted octanol–water partition coefficient (Wildman–Crippen LogP) is 4.35. The number of aromatic nitrogens is 2. The van der Waals surface area contributed by atoms with Gasteiger partial charge in [0.05, 0.1) is 29.0 Å². The molecule has 0 radical (unpaired) electrons. The second-order valence-corrected chi connectivity index (χ2v) is 7.97. The second kappa shape index (κ2) is 7.12. The number of nitrogens with zero attached hydrogens (tertiary/aromatic N) is 2. The number of carbonyl (C=O) groups is 1. The lowest BCUT2D eigenvalue weighted by Gasteiger charge is -2.18. The lowest BCUT2D eigenvalue weighted by molar-refractivity contribution is -0.115. The van der Waals surface area contributed by atoms with E-state index >= 15 is 0 Å². The van der Waals surface area contributed by atoms with Crippen LogP contribution >= 0.6 is 11.8 Å². The Balaban J connectivity index is 1.90. The minimum Gasteiger partial charge on any atom is -0.497 e. The van der Waals surface area contributed by atoms with Crippen molar-refractivity contribution in [1.82, 2.24) is 9.78 Å². The van der Waals surface area contributed by atoms with Crippen molar-refractivity contribution in [2.24, 2.45) is 0 Å². The van der Waals surface area contributed by atoms with Crippen LogP contribution in [0.1, 0.15) is 29.0 Å². The van der Waals surface area contributed by atoms with Crippen LogP contribution in [-0.4, -0.2) is 28.0 Å². The Hall–Kier alpha value is -2.73. The summed E-state index contributed by atoms with van der Waals surface area (Å²) in [6.45, 7) is 3.93. The third-order valence-corrected chi connectivity index (χ3v) is 6.12. The lowest BCUT2D eigenvalue weighted by atomic mass is 10.0. The number of aryl methyl sites for hydroxylation is 1. The number of ether oxygens (including phenoxy) is 1. The monoisotopic (exact) mass is 379 g/mol. The van der Waals surface area contributed by atoms with Crippen LogP contribution in [0.2, 0.25) is 0 Å². The van der Waals surface area contributed by atoms with Gasteiger partial charge < -0.3 is 10.1 Å². The molecule has 27 heavy (non-hydrogen) atoms. The van der Waals surface area contributed by atoms with Crippen LogP contribution in [0.25, 0.3) is 5.69 Å². The fourth-order valence-corrected chi connectivity index (χ4v) is 4.64. The van der Waals surface area contributed by atoms with E-state index in [0.29, 0.717) is 0 Å². The lowest BCUT2D eigenvalue weighted by Crippen LogP contribution is -2.22. The average Bonchev–Trinajstić information content (AvgIpc) is 2.95. The number of nitrogens with one attached hydrogen (secondary N) is 1. The molecule has 1 amide bonds. The van der Waals surface area contributed by atoms with Crippen molar-refractivity contribution in [3.8, 4) is 11.4 Å². The van der Waals surface area contributed by atoms with Crippen LogP contribution in [0.15, 0.2) is 54.6 Å². The van der Waals surface area contributed by atoms with Gasteiger partial charge in [-0.2, -0.15) is 5.10 Å². The van der Waals surface area contributed by atoms with Gasteiger partial charge in [-0.3, -0.25) is 4.79 Å². The fourth-order valence-electron chi connectivity index (χ4n) is 3.33. The van der Waals surface area contributed by atoms with E-state index in [2.05, 4.69) is 11.4 Å². The molecule has 1 aliphatic heterocycles. The van der Waals surface area contributed by atoms with Crippen molar-refractivity contribution in [2.45, 2.75) is 24.3 Å². The van der Waals surface area contributed by atoms with Crippen LogP contribution in [0.3, 0.4) is 0 Å². The third-order valence-electron chi connectivity index (χ3n) is 4.72. The maximum absolute atomic E-state index is 12.7. The number of anilines is 1. The van der Waals surface area contributed by atoms with E-state index in [1.165, 1.54) is 0 Å². The first-order chi connectivity index (χ1) is 13.1. The van der Waals surface area contributed by atoms with E-state index in [4.69, 9.17) is 9.84 Å². The largest absolute Gasteiger partial charge is 0.497 e. The molecule has 0 saturated carbocycles. The molecule has 0 aliphatic carbocycles. The zero-order valence-corrected chi connectivity index (χ0v) is 16.3. The zero-order chi connectivity index (χ0) is 19.0. The number of hydrogen-bond donors (Lipinski definition) is 1. The van der Waals surface area contributed by atoms with E-state index in [1.54, 1.807) is 18.9 Å².